The molecule has 1 aliphatic heterocycles. The molecule has 1 aromatic heterocycles. The standard InChI is InChI=1S/C14H13FN2/c15-14-9-17-7-5-13(14)12-3-1-2-10-8-16-6-4-11(10)12/h1-3,5,7,9,16H,4,6,8H2. The highest BCUT2D eigenvalue weighted by Gasteiger charge is 2.15. The molecule has 86 valence electrons. The van der Waals surface area contributed by atoms with Crippen LogP contribution >= 0.6 is 0 Å². The highest BCUT2D eigenvalue weighted by atomic mass is 19.1. The predicted octanol–water partition coefficient (Wildman–Crippen LogP) is 2.53. The molecule has 0 atom stereocenters. The van der Waals surface area contributed by atoms with E-state index >= 15 is 0 Å². The number of benzene rings is 1. The second-order valence-electron chi connectivity index (χ2n) is 4.23. The zero-order chi connectivity index (χ0) is 11.7. The Morgan fingerprint density at radius 2 is 2.12 bits per heavy atom. The zero-order valence-corrected chi connectivity index (χ0v) is 9.41. The summed E-state index contributed by atoms with van der Waals surface area (Å²) in [7, 11) is 0. The molecule has 3 heteroatoms. The van der Waals surface area contributed by atoms with E-state index < -0.39 is 0 Å². The van der Waals surface area contributed by atoms with Crippen LogP contribution in [0, 0.1) is 5.82 Å². The number of pyridine rings is 1. The minimum atomic E-state index is -0.251. The molecule has 1 N–H and O–H groups in total. The van der Waals surface area contributed by atoms with Crippen molar-refractivity contribution >= 4 is 0 Å². The number of nitrogens with one attached hydrogen (secondary N) is 1. The van der Waals surface area contributed by atoms with E-state index in [1.54, 1.807) is 12.3 Å². The van der Waals surface area contributed by atoms with Crippen molar-refractivity contribution in [2.75, 3.05) is 6.54 Å². The Bertz CT molecular complexity index is 552. The van der Waals surface area contributed by atoms with E-state index in [0.717, 1.165) is 25.1 Å². The Hall–Kier alpha value is -1.74. The van der Waals surface area contributed by atoms with Crippen LogP contribution < -0.4 is 5.32 Å². The molecule has 0 radical (unpaired) electrons. The van der Waals surface area contributed by atoms with Crippen LogP contribution in [0.4, 0.5) is 4.39 Å². The molecule has 2 heterocycles. The Labute approximate surface area is 99.5 Å². The fourth-order valence-electron chi connectivity index (χ4n) is 2.38. The average Bonchev–Trinajstić information content (AvgIpc) is 2.39. The largest absolute Gasteiger partial charge is 0.312 e. The van der Waals surface area contributed by atoms with E-state index in [1.807, 2.05) is 12.1 Å². The van der Waals surface area contributed by atoms with Gasteiger partial charge in [0.25, 0.3) is 0 Å². The monoisotopic (exact) mass is 228 g/mol. The highest BCUT2D eigenvalue weighted by molar-refractivity contribution is 5.69. The Morgan fingerprint density at radius 1 is 1.18 bits per heavy atom. The average molecular weight is 228 g/mol. The molecule has 0 spiro atoms. The van der Waals surface area contributed by atoms with Crippen LogP contribution in [0.5, 0.6) is 0 Å². The lowest BCUT2D eigenvalue weighted by molar-refractivity contribution is 0.622. The molecular formula is C14H13FN2. The zero-order valence-electron chi connectivity index (χ0n) is 9.41. The molecule has 3 rings (SSSR count). The second kappa shape index (κ2) is 4.26. The van der Waals surface area contributed by atoms with Gasteiger partial charge in [-0.15, -0.1) is 0 Å². The van der Waals surface area contributed by atoms with Crippen molar-refractivity contribution < 1.29 is 4.39 Å². The molecule has 1 aliphatic rings. The summed E-state index contributed by atoms with van der Waals surface area (Å²) in [4.78, 5) is 3.80. The first-order valence-electron chi connectivity index (χ1n) is 5.77. The lowest BCUT2D eigenvalue weighted by atomic mass is 9.92. The number of fused-ring (bicyclic) bond motifs is 1. The number of hydrogen-bond donors (Lipinski definition) is 1. The van der Waals surface area contributed by atoms with Crippen molar-refractivity contribution in [1.29, 1.82) is 0 Å². The second-order valence-corrected chi connectivity index (χ2v) is 4.23. The molecule has 2 nitrogen and oxygen atoms in total. The summed E-state index contributed by atoms with van der Waals surface area (Å²) in [6, 6.07) is 7.82. The van der Waals surface area contributed by atoms with Gasteiger partial charge in [0.05, 0.1) is 6.20 Å². The summed E-state index contributed by atoms with van der Waals surface area (Å²) in [6.45, 7) is 1.83. The molecule has 0 amide bonds. The molecule has 0 fully saturated rings. The number of hydrogen-bond acceptors (Lipinski definition) is 2. The molecule has 17 heavy (non-hydrogen) atoms. The minimum absolute atomic E-state index is 0.251. The van der Waals surface area contributed by atoms with E-state index in [-0.39, 0.29) is 5.82 Å². The first kappa shape index (κ1) is 10.4. The van der Waals surface area contributed by atoms with Crippen LogP contribution in [-0.4, -0.2) is 11.5 Å². The van der Waals surface area contributed by atoms with Gasteiger partial charge < -0.3 is 5.32 Å². The molecule has 0 saturated heterocycles. The SMILES string of the molecule is Fc1cnccc1-c1cccc2c1CCNC2. The summed E-state index contributed by atoms with van der Waals surface area (Å²) in [5.41, 5.74) is 4.18. The smallest absolute Gasteiger partial charge is 0.149 e. The van der Waals surface area contributed by atoms with Crippen molar-refractivity contribution in [2.24, 2.45) is 0 Å². The van der Waals surface area contributed by atoms with Crippen LogP contribution in [-0.2, 0) is 13.0 Å². The summed E-state index contributed by atoms with van der Waals surface area (Å²) in [5.74, 6) is -0.251. The Morgan fingerprint density at radius 3 is 3.00 bits per heavy atom. The van der Waals surface area contributed by atoms with Crippen LogP contribution in [0.25, 0.3) is 11.1 Å². The maximum absolute atomic E-state index is 13.8. The van der Waals surface area contributed by atoms with Crippen molar-refractivity contribution in [3.05, 3.63) is 53.6 Å². The van der Waals surface area contributed by atoms with Gasteiger partial charge >= 0.3 is 0 Å². The first-order chi connectivity index (χ1) is 8.36. The van der Waals surface area contributed by atoms with Crippen molar-refractivity contribution in [3.63, 3.8) is 0 Å². The normalized spacial score (nSPS) is 14.4. The molecule has 0 unspecified atom stereocenters. The molecule has 1 aromatic carbocycles. The molecular weight excluding hydrogens is 215 g/mol. The third kappa shape index (κ3) is 1.83. The summed E-state index contributed by atoms with van der Waals surface area (Å²) in [6.07, 6.45) is 3.86. The van der Waals surface area contributed by atoms with E-state index in [9.17, 15) is 4.39 Å². The molecule has 2 aromatic rings. The number of nitrogens with zero attached hydrogens (tertiary/aromatic N) is 1. The highest BCUT2D eigenvalue weighted by Crippen LogP contribution is 2.29. The fraction of sp³-hybridized carbons (Fsp3) is 0.214. The van der Waals surface area contributed by atoms with Gasteiger partial charge in [-0.3, -0.25) is 4.98 Å². The van der Waals surface area contributed by atoms with Gasteiger partial charge in [-0.1, -0.05) is 18.2 Å². The van der Waals surface area contributed by atoms with E-state index in [4.69, 9.17) is 0 Å². The number of rotatable bonds is 1. The number of halogens is 1. The van der Waals surface area contributed by atoms with Crippen molar-refractivity contribution in [1.82, 2.24) is 10.3 Å². The third-order valence-electron chi connectivity index (χ3n) is 3.20. The first-order valence-corrected chi connectivity index (χ1v) is 5.77. The van der Waals surface area contributed by atoms with Gasteiger partial charge in [0.2, 0.25) is 0 Å². The van der Waals surface area contributed by atoms with Crippen molar-refractivity contribution in [3.8, 4) is 11.1 Å². The molecule has 0 bridgehead atoms. The summed E-state index contributed by atoms with van der Waals surface area (Å²) in [5, 5.41) is 3.33. The lowest BCUT2D eigenvalue weighted by Crippen LogP contribution is -2.24. The van der Waals surface area contributed by atoms with E-state index in [0.29, 0.717) is 5.56 Å². The van der Waals surface area contributed by atoms with Crippen molar-refractivity contribution in [2.45, 2.75) is 13.0 Å². The maximum atomic E-state index is 13.8. The van der Waals surface area contributed by atoms with Crippen LogP contribution in [0.15, 0.2) is 36.7 Å². The predicted molar refractivity (Wildman–Crippen MR) is 65.0 cm³/mol. The quantitative estimate of drug-likeness (QED) is 0.811. The number of aromatic nitrogens is 1. The fourth-order valence-corrected chi connectivity index (χ4v) is 2.38. The van der Waals surface area contributed by atoms with E-state index in [2.05, 4.69) is 16.4 Å². The van der Waals surface area contributed by atoms with Gasteiger partial charge in [-0.05, 0) is 35.7 Å². The molecule has 0 saturated carbocycles. The van der Waals surface area contributed by atoms with Gasteiger partial charge in [-0.25, -0.2) is 4.39 Å². The van der Waals surface area contributed by atoms with Crippen LogP contribution in [0.2, 0.25) is 0 Å². The summed E-state index contributed by atoms with van der Waals surface area (Å²) >= 11 is 0. The van der Waals surface area contributed by atoms with Gasteiger partial charge in [0.1, 0.15) is 5.82 Å². The third-order valence-corrected chi connectivity index (χ3v) is 3.20. The topological polar surface area (TPSA) is 24.9 Å². The van der Waals surface area contributed by atoms with E-state index in [1.165, 1.54) is 17.3 Å². The Kier molecular flexibility index (Phi) is 2.61. The van der Waals surface area contributed by atoms with Gasteiger partial charge in [-0.2, -0.15) is 0 Å². The minimum Gasteiger partial charge on any atom is -0.312 e. The van der Waals surface area contributed by atoms with Crippen LogP contribution in [0.3, 0.4) is 0 Å². The Balaban J connectivity index is 2.18. The maximum Gasteiger partial charge on any atom is 0.149 e. The molecule has 0 aliphatic carbocycles. The summed E-state index contributed by atoms with van der Waals surface area (Å²) < 4.78 is 13.8. The lowest BCUT2D eigenvalue weighted by Gasteiger charge is -2.20. The van der Waals surface area contributed by atoms with Crippen LogP contribution in [0.1, 0.15) is 11.1 Å². The van der Waals surface area contributed by atoms with Gasteiger partial charge in [0.15, 0.2) is 0 Å². The van der Waals surface area contributed by atoms with Gasteiger partial charge in [0, 0.05) is 18.3 Å².